The number of benzene rings is 1. The van der Waals surface area contributed by atoms with Gasteiger partial charge >= 0.3 is 0 Å². The smallest absolute Gasteiger partial charge is 0.279 e. The summed E-state index contributed by atoms with van der Waals surface area (Å²) in [7, 11) is -1.76. The van der Waals surface area contributed by atoms with Crippen LogP contribution in [0.2, 0.25) is 5.02 Å². The molecule has 2 rings (SSSR count). The zero-order valence-corrected chi connectivity index (χ0v) is 17.0. The van der Waals surface area contributed by atoms with Crippen LogP contribution in [0.4, 0.5) is 5.82 Å². The highest BCUT2D eigenvalue weighted by molar-refractivity contribution is 7.90. The summed E-state index contributed by atoms with van der Waals surface area (Å²) >= 11 is 6.09. The average Bonchev–Trinajstić information content (AvgIpc) is 2.94. The highest BCUT2D eigenvalue weighted by Gasteiger charge is 2.20. The Morgan fingerprint density at radius 2 is 2.07 bits per heavy atom. The Labute approximate surface area is 163 Å². The minimum absolute atomic E-state index is 0.00260. The van der Waals surface area contributed by atoms with E-state index in [-0.39, 0.29) is 21.5 Å². The second-order valence-electron chi connectivity index (χ2n) is 6.38. The summed E-state index contributed by atoms with van der Waals surface area (Å²) in [6.07, 6.45) is 2.74. The molecule has 0 unspecified atom stereocenters. The molecule has 27 heavy (non-hydrogen) atoms. The van der Waals surface area contributed by atoms with Crippen molar-refractivity contribution in [3.8, 4) is 0 Å². The van der Waals surface area contributed by atoms with Gasteiger partial charge in [-0.15, -0.1) is 0 Å². The largest absolute Gasteiger partial charge is 0.395 e. The molecule has 146 valence electrons. The summed E-state index contributed by atoms with van der Waals surface area (Å²) in [5.41, 5.74) is 0.285. The lowest BCUT2D eigenvalue weighted by Crippen LogP contribution is -2.25. The van der Waals surface area contributed by atoms with Gasteiger partial charge in [0.1, 0.15) is 6.61 Å². The van der Waals surface area contributed by atoms with E-state index < -0.39 is 15.7 Å². The molecule has 0 aliphatic rings. The van der Waals surface area contributed by atoms with Gasteiger partial charge in [0.2, 0.25) is 0 Å². The Hall–Kier alpha value is -2.39. The minimum Gasteiger partial charge on any atom is -0.395 e. The number of nitrogens with one attached hydrogen (secondary N) is 1. The van der Waals surface area contributed by atoms with Crippen LogP contribution in [0.15, 0.2) is 40.5 Å². The van der Waals surface area contributed by atoms with E-state index in [1.165, 1.54) is 18.2 Å². The number of sulfone groups is 1. The molecule has 0 radical (unpaired) electrons. The molecular weight excluding hydrogens is 392 g/mol. The Bertz CT molecular complexity index is 967. The summed E-state index contributed by atoms with van der Waals surface area (Å²) in [6, 6.07) is 5.79. The predicted molar refractivity (Wildman–Crippen MR) is 104 cm³/mol. The lowest BCUT2D eigenvalue weighted by atomic mass is 10.1. The first-order valence-electron chi connectivity index (χ1n) is 8.09. The van der Waals surface area contributed by atoms with Crippen LogP contribution in [0.1, 0.15) is 19.4 Å². The number of nitrogens with zero attached hydrogens (tertiary/aromatic N) is 3. The summed E-state index contributed by atoms with van der Waals surface area (Å²) in [6.45, 7) is 4.21. The number of oxime groups is 1. The molecule has 0 bridgehead atoms. The van der Waals surface area contributed by atoms with Gasteiger partial charge in [0.25, 0.3) is 5.91 Å². The van der Waals surface area contributed by atoms with E-state index in [4.69, 9.17) is 16.4 Å². The maximum Gasteiger partial charge on any atom is 0.279 e. The number of carbonyl (C=O) groups is 1. The molecule has 2 aromatic rings. The van der Waals surface area contributed by atoms with E-state index in [1.807, 2.05) is 13.8 Å². The van der Waals surface area contributed by atoms with E-state index in [0.717, 1.165) is 6.26 Å². The minimum atomic E-state index is -3.49. The van der Waals surface area contributed by atoms with Crippen LogP contribution in [0, 0.1) is 5.92 Å². The molecule has 10 heteroatoms. The second-order valence-corrected chi connectivity index (χ2v) is 8.77. The summed E-state index contributed by atoms with van der Waals surface area (Å²) < 4.78 is 25.0. The van der Waals surface area contributed by atoms with Gasteiger partial charge in [-0.25, -0.2) is 8.42 Å². The first kappa shape index (κ1) is 20.9. The van der Waals surface area contributed by atoms with Crippen LogP contribution in [-0.4, -0.2) is 42.7 Å². The van der Waals surface area contributed by atoms with Crippen LogP contribution in [0.3, 0.4) is 0 Å². The molecule has 0 aliphatic heterocycles. The topological polar surface area (TPSA) is 103 Å². The number of anilines is 1. The van der Waals surface area contributed by atoms with Crippen molar-refractivity contribution in [1.82, 2.24) is 9.78 Å². The van der Waals surface area contributed by atoms with E-state index in [9.17, 15) is 13.2 Å². The molecule has 0 fully saturated rings. The molecule has 1 amide bonds. The average molecular weight is 413 g/mol. The summed E-state index contributed by atoms with van der Waals surface area (Å²) in [4.78, 5) is 17.9. The molecule has 1 aromatic heterocycles. The Morgan fingerprint density at radius 1 is 1.37 bits per heavy atom. The Kier molecular flexibility index (Phi) is 6.61. The first-order valence-corrected chi connectivity index (χ1v) is 10.4. The van der Waals surface area contributed by atoms with Crippen molar-refractivity contribution in [1.29, 1.82) is 0 Å². The fourth-order valence-corrected chi connectivity index (χ4v) is 3.41. The fraction of sp³-hybridized carbons (Fsp3) is 0.353. The van der Waals surface area contributed by atoms with Crippen molar-refractivity contribution in [3.05, 3.63) is 41.0 Å². The van der Waals surface area contributed by atoms with Crippen molar-refractivity contribution in [2.24, 2.45) is 18.1 Å². The third-order valence-electron chi connectivity index (χ3n) is 3.34. The van der Waals surface area contributed by atoms with Gasteiger partial charge in [-0.2, -0.15) is 5.10 Å². The van der Waals surface area contributed by atoms with Crippen LogP contribution in [0.25, 0.3) is 0 Å². The molecule has 8 nitrogen and oxygen atoms in total. The maximum absolute atomic E-state index is 12.7. The van der Waals surface area contributed by atoms with Gasteiger partial charge in [0, 0.05) is 31.1 Å². The maximum atomic E-state index is 12.7. The molecule has 1 heterocycles. The fourth-order valence-electron chi connectivity index (χ4n) is 2.08. The Balaban J connectivity index is 2.37. The zero-order chi connectivity index (χ0) is 20.2. The lowest BCUT2D eigenvalue weighted by molar-refractivity contribution is -0.110. The molecule has 0 atom stereocenters. The number of aryl methyl sites for hydroxylation is 1. The monoisotopic (exact) mass is 412 g/mol. The number of amides is 1. The van der Waals surface area contributed by atoms with Crippen LogP contribution < -0.4 is 5.32 Å². The summed E-state index contributed by atoms with van der Waals surface area (Å²) in [5, 5.41) is 10.6. The normalized spacial score (nSPS) is 12.3. The first-order chi connectivity index (χ1) is 12.6. The molecule has 0 aliphatic carbocycles. The molecule has 0 spiro atoms. The van der Waals surface area contributed by atoms with Gasteiger partial charge in [0.05, 0.1) is 9.92 Å². The number of rotatable bonds is 7. The highest BCUT2D eigenvalue weighted by Crippen LogP contribution is 2.23. The molecule has 1 N–H and O–H groups in total. The number of hydrogen-bond donors (Lipinski definition) is 1. The van der Waals surface area contributed by atoms with E-state index in [2.05, 4.69) is 15.6 Å². The lowest BCUT2D eigenvalue weighted by Gasteiger charge is -2.10. The van der Waals surface area contributed by atoms with Gasteiger partial charge in [-0.3, -0.25) is 9.48 Å². The summed E-state index contributed by atoms with van der Waals surface area (Å²) in [5.74, 6) is 0.00332. The third kappa shape index (κ3) is 5.80. The number of aromatic nitrogens is 2. The molecular formula is C17H21ClN4O4S. The Morgan fingerprint density at radius 3 is 2.59 bits per heavy atom. The van der Waals surface area contributed by atoms with Gasteiger partial charge < -0.3 is 10.2 Å². The van der Waals surface area contributed by atoms with Crippen LogP contribution in [-0.2, 0) is 26.5 Å². The molecule has 0 saturated heterocycles. The van der Waals surface area contributed by atoms with Gasteiger partial charge in [-0.1, -0.05) is 36.7 Å². The predicted octanol–water partition coefficient (Wildman–Crippen LogP) is 2.49. The molecule has 0 saturated carbocycles. The van der Waals surface area contributed by atoms with Gasteiger partial charge in [0.15, 0.2) is 21.4 Å². The highest BCUT2D eigenvalue weighted by atomic mass is 35.5. The van der Waals surface area contributed by atoms with E-state index in [1.54, 1.807) is 24.0 Å². The number of hydrogen-bond acceptors (Lipinski definition) is 6. The molecule has 1 aromatic carbocycles. The van der Waals surface area contributed by atoms with Crippen molar-refractivity contribution in [3.63, 3.8) is 0 Å². The van der Waals surface area contributed by atoms with E-state index >= 15 is 0 Å². The van der Waals surface area contributed by atoms with Gasteiger partial charge in [-0.05, 0) is 18.1 Å². The standard InChI is InChI=1S/C17H21ClN4O4S/c1-11(2)10-26-21-16(17(23)19-15-7-8-22(3)20-15)12-5-6-14(13(18)9-12)27(4,24)25/h5-9,11H,10H2,1-4H3,(H,19,20,23). The SMILES string of the molecule is CC(C)CON=C(C(=O)Nc1ccn(C)n1)c1ccc(S(C)(=O)=O)c(Cl)c1. The zero-order valence-electron chi connectivity index (χ0n) is 15.4. The van der Waals surface area contributed by atoms with Crippen molar-refractivity contribution in [2.45, 2.75) is 18.7 Å². The van der Waals surface area contributed by atoms with Crippen molar-refractivity contribution >= 4 is 38.9 Å². The van der Waals surface area contributed by atoms with Crippen molar-refractivity contribution < 1.29 is 18.0 Å². The number of halogens is 1. The van der Waals surface area contributed by atoms with Crippen LogP contribution in [0.5, 0.6) is 0 Å². The van der Waals surface area contributed by atoms with Crippen LogP contribution >= 0.6 is 11.6 Å². The number of carbonyl (C=O) groups excluding carboxylic acids is 1. The third-order valence-corrected chi connectivity index (χ3v) is 4.92. The quantitative estimate of drug-likeness (QED) is 0.556. The van der Waals surface area contributed by atoms with E-state index in [0.29, 0.717) is 18.0 Å². The van der Waals surface area contributed by atoms with Crippen molar-refractivity contribution in [2.75, 3.05) is 18.2 Å². The second kappa shape index (κ2) is 8.53.